The average Bonchev–Trinajstić information content (AvgIpc) is 2.20. The third-order valence-corrected chi connectivity index (χ3v) is 3.32. The molecule has 92 valence electrons. The zero-order valence-corrected chi connectivity index (χ0v) is 10.2. The molecule has 1 heterocycles. The maximum absolute atomic E-state index is 11.5. The van der Waals surface area contributed by atoms with Crippen LogP contribution in [0.5, 0.6) is 0 Å². The number of amides is 2. The molecule has 0 spiro atoms. The van der Waals surface area contributed by atoms with Gasteiger partial charge in [-0.05, 0) is 13.3 Å². The maximum Gasteiger partial charge on any atom is 0.353 e. The SMILES string of the molecule is CCCCS(=O)(=O)NN1CC(C)=NNC1=O. The Morgan fingerprint density at radius 1 is 1.56 bits per heavy atom. The smallest absolute Gasteiger partial charge is 0.245 e. The van der Waals surface area contributed by atoms with E-state index < -0.39 is 16.1 Å². The topological polar surface area (TPSA) is 90.9 Å². The maximum atomic E-state index is 11.5. The van der Waals surface area contributed by atoms with Gasteiger partial charge in [-0.2, -0.15) is 5.10 Å². The lowest BCUT2D eigenvalue weighted by molar-refractivity contribution is 0.193. The Morgan fingerprint density at radius 3 is 2.88 bits per heavy atom. The Bertz CT molecular complexity index is 390. The van der Waals surface area contributed by atoms with Crippen LogP contribution in [0.25, 0.3) is 0 Å². The van der Waals surface area contributed by atoms with Gasteiger partial charge in [0.1, 0.15) is 0 Å². The molecule has 0 saturated heterocycles. The van der Waals surface area contributed by atoms with Crippen LogP contribution in [0.15, 0.2) is 5.10 Å². The largest absolute Gasteiger partial charge is 0.353 e. The van der Waals surface area contributed by atoms with Crippen molar-refractivity contribution in [1.29, 1.82) is 0 Å². The Hall–Kier alpha value is -1.15. The lowest BCUT2D eigenvalue weighted by Gasteiger charge is -2.25. The van der Waals surface area contributed by atoms with Gasteiger partial charge in [0.25, 0.3) is 0 Å². The number of rotatable bonds is 5. The van der Waals surface area contributed by atoms with Crippen LogP contribution in [0.1, 0.15) is 26.7 Å². The average molecular weight is 248 g/mol. The fraction of sp³-hybridized carbons (Fsp3) is 0.750. The summed E-state index contributed by atoms with van der Waals surface area (Å²) in [6, 6.07) is -0.564. The van der Waals surface area contributed by atoms with E-state index in [0.717, 1.165) is 11.4 Å². The molecule has 0 atom stereocenters. The number of nitrogens with one attached hydrogen (secondary N) is 2. The molecule has 2 amide bonds. The lowest BCUT2D eigenvalue weighted by atomic mass is 10.4. The molecule has 0 aromatic rings. The second-order valence-corrected chi connectivity index (χ2v) is 5.43. The van der Waals surface area contributed by atoms with Gasteiger partial charge in [-0.15, -0.1) is 4.83 Å². The number of hydrazone groups is 1. The van der Waals surface area contributed by atoms with Gasteiger partial charge in [0, 0.05) is 0 Å². The van der Waals surface area contributed by atoms with Gasteiger partial charge in [-0.1, -0.05) is 13.3 Å². The number of hydrazine groups is 1. The Kier molecular flexibility index (Phi) is 4.25. The Balaban J connectivity index is 2.60. The summed E-state index contributed by atoms with van der Waals surface area (Å²) in [6.45, 7) is 3.77. The van der Waals surface area contributed by atoms with E-state index in [2.05, 4.69) is 15.4 Å². The van der Waals surface area contributed by atoms with Gasteiger partial charge < -0.3 is 0 Å². The van der Waals surface area contributed by atoms with E-state index in [1.165, 1.54) is 0 Å². The summed E-state index contributed by atoms with van der Waals surface area (Å²) in [5.41, 5.74) is 2.85. The molecule has 1 aliphatic heterocycles. The zero-order valence-electron chi connectivity index (χ0n) is 9.36. The minimum absolute atomic E-state index is 0.0173. The summed E-state index contributed by atoms with van der Waals surface area (Å²) < 4.78 is 23.1. The zero-order chi connectivity index (χ0) is 12.2. The number of hydrogen-bond acceptors (Lipinski definition) is 4. The second-order valence-electron chi connectivity index (χ2n) is 3.61. The van der Waals surface area contributed by atoms with Crippen molar-refractivity contribution in [3.8, 4) is 0 Å². The van der Waals surface area contributed by atoms with E-state index in [4.69, 9.17) is 0 Å². The molecule has 0 bridgehead atoms. The predicted molar refractivity (Wildman–Crippen MR) is 60.2 cm³/mol. The van der Waals surface area contributed by atoms with Crippen molar-refractivity contribution in [2.45, 2.75) is 26.7 Å². The molecular formula is C8H16N4O3S. The highest BCUT2D eigenvalue weighted by molar-refractivity contribution is 7.89. The van der Waals surface area contributed by atoms with Crippen molar-refractivity contribution in [3.05, 3.63) is 0 Å². The van der Waals surface area contributed by atoms with E-state index in [9.17, 15) is 13.2 Å². The van der Waals surface area contributed by atoms with Crippen LogP contribution >= 0.6 is 0 Å². The first-order chi connectivity index (χ1) is 7.44. The molecule has 0 saturated carbocycles. The second kappa shape index (κ2) is 5.26. The third-order valence-electron chi connectivity index (χ3n) is 1.99. The van der Waals surface area contributed by atoms with Crippen LogP contribution in [0.4, 0.5) is 4.79 Å². The van der Waals surface area contributed by atoms with Crippen LogP contribution < -0.4 is 10.3 Å². The summed E-state index contributed by atoms with van der Waals surface area (Å²) in [5, 5.41) is 4.70. The molecule has 0 aromatic heterocycles. The van der Waals surface area contributed by atoms with Crippen molar-refractivity contribution in [1.82, 2.24) is 15.3 Å². The Labute approximate surface area is 94.9 Å². The van der Waals surface area contributed by atoms with Crippen LogP contribution in [-0.4, -0.2) is 37.5 Å². The molecule has 0 radical (unpaired) electrons. The number of urea groups is 1. The van der Waals surface area contributed by atoms with Crippen LogP contribution in [0, 0.1) is 0 Å². The van der Waals surface area contributed by atoms with E-state index in [1.807, 2.05) is 6.92 Å². The fourth-order valence-corrected chi connectivity index (χ4v) is 2.40. The summed E-state index contributed by atoms with van der Waals surface area (Å²) >= 11 is 0. The lowest BCUT2D eigenvalue weighted by Crippen LogP contribution is -2.54. The van der Waals surface area contributed by atoms with Gasteiger partial charge in [-0.3, -0.25) is 0 Å². The number of carbonyl (C=O) groups excluding carboxylic acids is 1. The first-order valence-corrected chi connectivity index (χ1v) is 6.70. The van der Waals surface area contributed by atoms with Crippen LogP contribution in [0.2, 0.25) is 0 Å². The molecule has 1 rings (SSSR count). The molecule has 16 heavy (non-hydrogen) atoms. The monoisotopic (exact) mass is 248 g/mol. The van der Waals surface area contributed by atoms with Gasteiger partial charge >= 0.3 is 6.03 Å². The predicted octanol–water partition coefficient (Wildman–Crippen LogP) is 0.0220. The van der Waals surface area contributed by atoms with Crippen molar-refractivity contribution >= 4 is 21.8 Å². The van der Waals surface area contributed by atoms with Crippen molar-refractivity contribution in [3.63, 3.8) is 0 Å². The van der Waals surface area contributed by atoms with Crippen molar-refractivity contribution in [2.24, 2.45) is 5.10 Å². The van der Waals surface area contributed by atoms with E-state index in [-0.39, 0.29) is 12.3 Å². The van der Waals surface area contributed by atoms with E-state index in [0.29, 0.717) is 12.1 Å². The first kappa shape index (κ1) is 12.9. The van der Waals surface area contributed by atoms with Crippen LogP contribution in [0.3, 0.4) is 0 Å². The molecule has 7 nitrogen and oxygen atoms in total. The first-order valence-electron chi connectivity index (χ1n) is 5.05. The van der Waals surface area contributed by atoms with Crippen LogP contribution in [-0.2, 0) is 10.0 Å². The Morgan fingerprint density at radius 2 is 2.25 bits per heavy atom. The van der Waals surface area contributed by atoms with Gasteiger partial charge in [0.15, 0.2) is 0 Å². The molecule has 8 heteroatoms. The number of carbonyl (C=O) groups is 1. The number of unbranched alkanes of at least 4 members (excludes halogenated alkanes) is 1. The highest BCUT2D eigenvalue weighted by Crippen LogP contribution is 1.99. The summed E-state index contributed by atoms with van der Waals surface area (Å²) in [7, 11) is -3.44. The minimum atomic E-state index is -3.44. The van der Waals surface area contributed by atoms with Gasteiger partial charge in [-0.25, -0.2) is 23.6 Å². The standard InChI is InChI=1S/C8H16N4O3S/c1-3-4-5-16(14,15)11-12-6-7(2)9-10-8(12)13/h11H,3-6H2,1-2H3,(H,10,13). The molecule has 0 fully saturated rings. The van der Waals surface area contributed by atoms with Crippen molar-refractivity contribution in [2.75, 3.05) is 12.3 Å². The highest BCUT2D eigenvalue weighted by atomic mass is 32.2. The van der Waals surface area contributed by atoms with E-state index >= 15 is 0 Å². The van der Waals surface area contributed by atoms with Crippen molar-refractivity contribution < 1.29 is 13.2 Å². The summed E-state index contributed by atoms with van der Waals surface area (Å²) in [5.74, 6) is 0.0173. The number of hydrogen-bond donors (Lipinski definition) is 2. The third kappa shape index (κ3) is 3.78. The molecular weight excluding hydrogens is 232 g/mol. The number of nitrogens with zero attached hydrogens (tertiary/aromatic N) is 2. The summed E-state index contributed by atoms with van der Waals surface area (Å²) in [6.07, 6.45) is 1.35. The molecule has 0 aliphatic carbocycles. The quantitative estimate of drug-likeness (QED) is 0.718. The molecule has 0 unspecified atom stereocenters. The van der Waals surface area contributed by atoms with E-state index in [1.54, 1.807) is 6.92 Å². The van der Waals surface area contributed by atoms with Gasteiger partial charge in [0.2, 0.25) is 10.0 Å². The fourth-order valence-electron chi connectivity index (χ4n) is 1.16. The normalized spacial score (nSPS) is 17.0. The number of sulfonamides is 1. The van der Waals surface area contributed by atoms with Gasteiger partial charge in [0.05, 0.1) is 18.0 Å². The molecule has 2 N–H and O–H groups in total. The molecule has 0 aromatic carbocycles. The molecule has 1 aliphatic rings. The highest BCUT2D eigenvalue weighted by Gasteiger charge is 2.23. The summed E-state index contributed by atoms with van der Waals surface area (Å²) in [4.78, 5) is 13.5. The minimum Gasteiger partial charge on any atom is -0.245 e.